The Hall–Kier alpha value is -0.930. The van der Waals surface area contributed by atoms with Crippen LogP contribution in [0.4, 0.5) is 0 Å². The highest BCUT2D eigenvalue weighted by molar-refractivity contribution is 5.14. The summed E-state index contributed by atoms with van der Waals surface area (Å²) in [4.78, 5) is 4.08. The maximum Gasteiger partial charge on any atom is 0.0834 e. The summed E-state index contributed by atoms with van der Waals surface area (Å²) in [6, 6.07) is 4.62. The second-order valence-electron chi connectivity index (χ2n) is 5.19. The van der Waals surface area contributed by atoms with E-state index in [-0.39, 0.29) is 5.60 Å². The first-order valence-electron chi connectivity index (χ1n) is 6.98. The molecule has 18 heavy (non-hydrogen) atoms. The lowest BCUT2D eigenvalue weighted by atomic mass is 9.72. The summed E-state index contributed by atoms with van der Waals surface area (Å²) >= 11 is 0. The molecule has 1 saturated carbocycles. The molecule has 1 N–H and O–H groups in total. The van der Waals surface area contributed by atoms with Gasteiger partial charge in [0.05, 0.1) is 5.60 Å². The molecule has 0 bridgehead atoms. The van der Waals surface area contributed by atoms with E-state index in [9.17, 15) is 0 Å². The third-order valence-electron chi connectivity index (χ3n) is 4.07. The zero-order chi connectivity index (χ0) is 12.8. The van der Waals surface area contributed by atoms with Crippen molar-refractivity contribution >= 4 is 0 Å². The molecule has 0 spiro atoms. The number of pyridine rings is 1. The van der Waals surface area contributed by atoms with Gasteiger partial charge < -0.3 is 10.1 Å². The monoisotopic (exact) mass is 248 g/mol. The number of hydrogen-bond donors (Lipinski definition) is 1. The van der Waals surface area contributed by atoms with E-state index in [1.807, 2.05) is 19.5 Å². The van der Waals surface area contributed by atoms with Gasteiger partial charge in [0.25, 0.3) is 0 Å². The number of methoxy groups -OCH3 is 1. The molecule has 3 heteroatoms. The number of aromatic nitrogens is 1. The van der Waals surface area contributed by atoms with Crippen molar-refractivity contribution in [3.05, 3.63) is 30.1 Å². The van der Waals surface area contributed by atoms with Gasteiger partial charge in [-0.15, -0.1) is 0 Å². The van der Waals surface area contributed by atoms with Gasteiger partial charge in [-0.25, -0.2) is 0 Å². The number of hydrogen-bond acceptors (Lipinski definition) is 3. The molecule has 0 saturated heterocycles. The zero-order valence-corrected chi connectivity index (χ0v) is 11.5. The number of rotatable bonds is 7. The van der Waals surface area contributed by atoms with Crippen LogP contribution in [0.15, 0.2) is 24.5 Å². The highest BCUT2D eigenvalue weighted by Gasteiger charge is 2.43. The number of nitrogens with one attached hydrogen (secondary N) is 1. The van der Waals surface area contributed by atoms with Gasteiger partial charge in [-0.05, 0) is 56.3 Å². The molecule has 0 radical (unpaired) electrons. The van der Waals surface area contributed by atoms with Gasteiger partial charge >= 0.3 is 0 Å². The molecule has 0 aliphatic heterocycles. The molecule has 1 aromatic rings. The van der Waals surface area contributed by atoms with Crippen LogP contribution in [0.2, 0.25) is 0 Å². The van der Waals surface area contributed by atoms with E-state index in [4.69, 9.17) is 4.74 Å². The molecule has 1 aliphatic carbocycles. The van der Waals surface area contributed by atoms with Crippen LogP contribution in [0.3, 0.4) is 0 Å². The molecule has 100 valence electrons. The largest absolute Gasteiger partial charge is 0.377 e. The summed E-state index contributed by atoms with van der Waals surface area (Å²) < 4.78 is 5.83. The molecule has 0 aromatic carbocycles. The minimum Gasteiger partial charge on any atom is -0.377 e. The lowest BCUT2D eigenvalue weighted by molar-refractivity contribution is -0.0980. The first-order chi connectivity index (χ1) is 8.80. The van der Waals surface area contributed by atoms with Gasteiger partial charge in [-0.2, -0.15) is 0 Å². The van der Waals surface area contributed by atoms with Crippen molar-refractivity contribution < 1.29 is 4.74 Å². The van der Waals surface area contributed by atoms with Crippen molar-refractivity contribution in [1.29, 1.82) is 0 Å². The Bertz CT molecular complexity index is 343. The minimum absolute atomic E-state index is 0.0540. The van der Waals surface area contributed by atoms with Crippen LogP contribution >= 0.6 is 0 Å². The van der Waals surface area contributed by atoms with Gasteiger partial charge in [0.2, 0.25) is 0 Å². The number of nitrogens with zero attached hydrogens (tertiary/aromatic N) is 1. The van der Waals surface area contributed by atoms with Crippen molar-refractivity contribution in [3.8, 4) is 0 Å². The third kappa shape index (κ3) is 2.90. The Morgan fingerprint density at radius 3 is 2.61 bits per heavy atom. The molecule has 3 nitrogen and oxygen atoms in total. The predicted octanol–water partition coefficient (Wildman–Crippen LogP) is 2.56. The fraction of sp³-hybridized carbons (Fsp3) is 0.667. The predicted molar refractivity (Wildman–Crippen MR) is 73.6 cm³/mol. The van der Waals surface area contributed by atoms with Crippen molar-refractivity contribution in [2.45, 2.75) is 50.7 Å². The van der Waals surface area contributed by atoms with Gasteiger partial charge in [-0.1, -0.05) is 6.92 Å². The van der Waals surface area contributed by atoms with E-state index in [1.54, 1.807) is 0 Å². The van der Waals surface area contributed by atoms with Crippen LogP contribution in [0.1, 0.15) is 38.2 Å². The standard InChI is InChI=1S/C15H24N2O/c1-3-9-17-14(15(18-2)7-4-8-15)12-13-5-10-16-11-6-13/h5-6,10-11,14,17H,3-4,7-9,12H2,1-2H3. The van der Waals surface area contributed by atoms with E-state index in [1.165, 1.54) is 24.8 Å². The topological polar surface area (TPSA) is 34.2 Å². The lowest BCUT2D eigenvalue weighted by Gasteiger charge is -2.47. The first kappa shape index (κ1) is 13.5. The molecule has 0 amide bonds. The summed E-state index contributed by atoms with van der Waals surface area (Å²) in [6.45, 7) is 3.26. The second kappa shape index (κ2) is 6.30. The summed E-state index contributed by atoms with van der Waals surface area (Å²) in [5, 5.41) is 3.67. The fourth-order valence-corrected chi connectivity index (χ4v) is 2.74. The fourth-order valence-electron chi connectivity index (χ4n) is 2.74. The van der Waals surface area contributed by atoms with E-state index < -0.39 is 0 Å². The van der Waals surface area contributed by atoms with Crippen molar-refractivity contribution in [2.24, 2.45) is 0 Å². The van der Waals surface area contributed by atoms with Gasteiger partial charge in [0, 0.05) is 25.5 Å². The van der Waals surface area contributed by atoms with Crippen LogP contribution in [0.5, 0.6) is 0 Å². The van der Waals surface area contributed by atoms with E-state index in [2.05, 4.69) is 29.4 Å². The molecule has 1 heterocycles. The summed E-state index contributed by atoms with van der Waals surface area (Å²) in [7, 11) is 1.85. The van der Waals surface area contributed by atoms with Crippen LogP contribution in [0.25, 0.3) is 0 Å². The van der Waals surface area contributed by atoms with Crippen LogP contribution < -0.4 is 5.32 Å². The molecule has 1 atom stereocenters. The molecule has 1 unspecified atom stereocenters. The Balaban J connectivity index is 2.05. The normalized spacial score (nSPS) is 19.2. The second-order valence-corrected chi connectivity index (χ2v) is 5.19. The molecule has 2 rings (SSSR count). The first-order valence-corrected chi connectivity index (χ1v) is 6.98. The highest BCUT2D eigenvalue weighted by atomic mass is 16.5. The number of ether oxygens (including phenoxy) is 1. The lowest BCUT2D eigenvalue weighted by Crippen LogP contribution is -2.57. The van der Waals surface area contributed by atoms with Crippen LogP contribution in [0, 0.1) is 0 Å². The Morgan fingerprint density at radius 2 is 2.11 bits per heavy atom. The maximum absolute atomic E-state index is 5.83. The van der Waals surface area contributed by atoms with Gasteiger partial charge in [0.15, 0.2) is 0 Å². The summed E-state index contributed by atoms with van der Waals surface area (Å²) in [5.74, 6) is 0. The van der Waals surface area contributed by atoms with Gasteiger partial charge in [0.1, 0.15) is 0 Å². The Labute approximate surface area is 110 Å². The third-order valence-corrected chi connectivity index (χ3v) is 4.07. The SMILES string of the molecule is CCCNC(Cc1ccncc1)C1(OC)CCC1. The Morgan fingerprint density at radius 1 is 1.39 bits per heavy atom. The molecule has 1 aliphatic rings. The Kier molecular flexibility index (Phi) is 4.72. The summed E-state index contributed by atoms with van der Waals surface area (Å²) in [6.07, 6.45) is 9.56. The highest BCUT2D eigenvalue weighted by Crippen LogP contribution is 2.39. The van der Waals surface area contributed by atoms with Crippen molar-refractivity contribution in [2.75, 3.05) is 13.7 Å². The van der Waals surface area contributed by atoms with Gasteiger partial charge in [-0.3, -0.25) is 4.98 Å². The van der Waals surface area contributed by atoms with E-state index >= 15 is 0 Å². The zero-order valence-electron chi connectivity index (χ0n) is 11.5. The smallest absolute Gasteiger partial charge is 0.0834 e. The van der Waals surface area contributed by atoms with Crippen molar-refractivity contribution in [3.63, 3.8) is 0 Å². The van der Waals surface area contributed by atoms with E-state index in [0.29, 0.717) is 6.04 Å². The van der Waals surface area contributed by atoms with Crippen LogP contribution in [-0.2, 0) is 11.2 Å². The van der Waals surface area contributed by atoms with E-state index in [0.717, 1.165) is 19.4 Å². The molecular formula is C15H24N2O. The molecular weight excluding hydrogens is 224 g/mol. The van der Waals surface area contributed by atoms with Crippen molar-refractivity contribution in [1.82, 2.24) is 10.3 Å². The summed E-state index contributed by atoms with van der Waals surface area (Å²) in [5.41, 5.74) is 1.39. The average Bonchev–Trinajstić information content (AvgIpc) is 2.36. The maximum atomic E-state index is 5.83. The minimum atomic E-state index is 0.0540. The average molecular weight is 248 g/mol. The quantitative estimate of drug-likeness (QED) is 0.805. The van der Waals surface area contributed by atoms with Crippen LogP contribution in [-0.4, -0.2) is 30.3 Å². The molecule has 1 fully saturated rings. The molecule has 1 aromatic heterocycles.